The second-order valence-electron chi connectivity index (χ2n) is 9.04. The van der Waals surface area contributed by atoms with Gasteiger partial charge in [-0.15, -0.1) is 0 Å². The van der Waals surface area contributed by atoms with Crippen LogP contribution in [-0.2, 0) is 23.3 Å². The van der Waals surface area contributed by atoms with E-state index in [9.17, 15) is 49.4 Å². The quantitative estimate of drug-likeness (QED) is 0.299. The standard InChI is InChI=1S/C26H24F9NO2/c1-3-19(23(37)38)16-10-11-36(22(12-16)15-4-6-17(7-5-15)24(27,28)29)14(2)20-13-18(25(30,31)32)8-9-21(20)26(33,34)35/h4-9,13-14,22H,3,10-12H2,1-2H3,(H,37,38)/t14-,22+/m1/s1. The van der Waals surface area contributed by atoms with E-state index < -0.39 is 58.8 Å². The lowest BCUT2D eigenvalue weighted by molar-refractivity contribution is -0.142. The van der Waals surface area contributed by atoms with Crippen molar-refractivity contribution < 1.29 is 49.4 Å². The summed E-state index contributed by atoms with van der Waals surface area (Å²) in [6.45, 7) is 2.89. The topological polar surface area (TPSA) is 40.5 Å². The van der Waals surface area contributed by atoms with Crippen LogP contribution in [0.2, 0.25) is 0 Å². The maximum Gasteiger partial charge on any atom is 0.416 e. The Morgan fingerprint density at radius 2 is 1.47 bits per heavy atom. The van der Waals surface area contributed by atoms with Crippen LogP contribution < -0.4 is 0 Å². The Kier molecular flexibility index (Phi) is 8.26. The van der Waals surface area contributed by atoms with Gasteiger partial charge >= 0.3 is 24.5 Å². The molecule has 0 unspecified atom stereocenters. The molecule has 1 heterocycles. The molecular weight excluding hydrogens is 529 g/mol. The lowest BCUT2D eigenvalue weighted by atomic mass is 9.85. The lowest BCUT2D eigenvalue weighted by Gasteiger charge is -2.42. The number of halogens is 9. The summed E-state index contributed by atoms with van der Waals surface area (Å²) in [7, 11) is 0. The van der Waals surface area contributed by atoms with Crippen molar-refractivity contribution in [3.8, 4) is 0 Å². The van der Waals surface area contributed by atoms with Gasteiger partial charge in [-0.25, -0.2) is 4.79 Å². The molecule has 1 saturated heterocycles. The van der Waals surface area contributed by atoms with Crippen LogP contribution in [0.3, 0.4) is 0 Å². The fraction of sp³-hybridized carbons (Fsp3) is 0.423. The Bertz CT molecular complexity index is 1200. The van der Waals surface area contributed by atoms with Gasteiger partial charge in [0.15, 0.2) is 0 Å². The molecule has 0 bridgehead atoms. The number of likely N-dealkylation sites (tertiary alicyclic amines) is 1. The molecule has 208 valence electrons. The third-order valence-corrected chi connectivity index (χ3v) is 6.80. The van der Waals surface area contributed by atoms with Crippen LogP contribution in [0.1, 0.15) is 73.0 Å². The summed E-state index contributed by atoms with van der Waals surface area (Å²) in [4.78, 5) is 13.2. The molecule has 2 atom stereocenters. The van der Waals surface area contributed by atoms with Crippen molar-refractivity contribution in [2.24, 2.45) is 0 Å². The van der Waals surface area contributed by atoms with Gasteiger partial charge in [0.05, 0.1) is 16.7 Å². The molecule has 1 fully saturated rings. The van der Waals surface area contributed by atoms with E-state index in [4.69, 9.17) is 0 Å². The molecule has 0 aliphatic carbocycles. The SMILES string of the molecule is CCC(C(=O)O)=C1CCN([C@H](C)c2cc(C(F)(F)F)ccc2C(F)(F)F)[C@H](c2ccc(C(F)(F)F)cc2)C1. The molecule has 12 heteroatoms. The molecule has 2 aromatic rings. The summed E-state index contributed by atoms with van der Waals surface area (Å²) in [6.07, 6.45) is -14.3. The van der Waals surface area contributed by atoms with Gasteiger partial charge in [-0.3, -0.25) is 4.90 Å². The van der Waals surface area contributed by atoms with Crippen LogP contribution in [0.25, 0.3) is 0 Å². The van der Waals surface area contributed by atoms with Crippen LogP contribution in [0.5, 0.6) is 0 Å². The van der Waals surface area contributed by atoms with E-state index >= 15 is 0 Å². The summed E-state index contributed by atoms with van der Waals surface area (Å²) in [6, 6.07) is 2.96. The molecule has 38 heavy (non-hydrogen) atoms. The number of nitrogens with zero attached hydrogens (tertiary/aromatic N) is 1. The smallest absolute Gasteiger partial charge is 0.416 e. The number of piperidine rings is 1. The van der Waals surface area contributed by atoms with E-state index in [1.807, 2.05) is 0 Å². The maximum absolute atomic E-state index is 13.8. The van der Waals surface area contributed by atoms with Crippen molar-refractivity contribution in [1.82, 2.24) is 4.90 Å². The number of alkyl halides is 9. The zero-order chi connectivity index (χ0) is 28.6. The van der Waals surface area contributed by atoms with Crippen molar-refractivity contribution in [2.75, 3.05) is 6.54 Å². The van der Waals surface area contributed by atoms with Crippen LogP contribution in [-0.4, -0.2) is 22.5 Å². The molecule has 2 aromatic carbocycles. The molecule has 0 aromatic heterocycles. The molecule has 0 radical (unpaired) electrons. The predicted molar refractivity (Wildman–Crippen MR) is 120 cm³/mol. The molecule has 0 spiro atoms. The summed E-state index contributed by atoms with van der Waals surface area (Å²) < 4.78 is 121. The minimum atomic E-state index is -4.96. The normalized spacial score (nSPS) is 19.8. The summed E-state index contributed by atoms with van der Waals surface area (Å²) in [5.74, 6) is -1.19. The number of benzene rings is 2. The first kappa shape index (κ1) is 29.5. The van der Waals surface area contributed by atoms with E-state index in [2.05, 4.69) is 0 Å². The third-order valence-electron chi connectivity index (χ3n) is 6.80. The highest BCUT2D eigenvalue weighted by Crippen LogP contribution is 2.45. The van der Waals surface area contributed by atoms with Crippen LogP contribution in [0.15, 0.2) is 53.6 Å². The van der Waals surface area contributed by atoms with Crippen molar-refractivity contribution in [1.29, 1.82) is 0 Å². The summed E-state index contributed by atoms with van der Waals surface area (Å²) >= 11 is 0. The Balaban J connectivity index is 2.15. The zero-order valence-electron chi connectivity index (χ0n) is 20.2. The van der Waals surface area contributed by atoms with E-state index in [0.29, 0.717) is 23.8 Å². The predicted octanol–water partition coefficient (Wildman–Crippen LogP) is 8.43. The second kappa shape index (κ2) is 10.6. The highest BCUT2D eigenvalue weighted by Gasteiger charge is 2.41. The number of hydrogen-bond donors (Lipinski definition) is 1. The van der Waals surface area contributed by atoms with E-state index in [1.54, 1.807) is 6.92 Å². The average Bonchev–Trinajstić information content (AvgIpc) is 2.82. The molecule has 0 amide bonds. The molecule has 1 N–H and O–H groups in total. The molecule has 3 rings (SSSR count). The van der Waals surface area contributed by atoms with Crippen molar-refractivity contribution in [2.45, 2.75) is 63.7 Å². The minimum absolute atomic E-state index is 0.0213. The third kappa shape index (κ3) is 6.33. The van der Waals surface area contributed by atoms with Gasteiger partial charge in [-0.05, 0) is 67.6 Å². The van der Waals surface area contributed by atoms with Gasteiger partial charge in [-0.1, -0.05) is 24.6 Å². The van der Waals surface area contributed by atoms with E-state index in [-0.39, 0.29) is 36.9 Å². The minimum Gasteiger partial charge on any atom is -0.478 e. The number of hydrogen-bond acceptors (Lipinski definition) is 2. The van der Waals surface area contributed by atoms with Gasteiger partial charge < -0.3 is 5.11 Å². The number of rotatable bonds is 5. The van der Waals surface area contributed by atoms with Gasteiger partial charge in [0.1, 0.15) is 0 Å². The largest absolute Gasteiger partial charge is 0.478 e. The highest BCUT2D eigenvalue weighted by molar-refractivity contribution is 5.87. The van der Waals surface area contributed by atoms with E-state index in [0.717, 1.165) is 24.3 Å². The van der Waals surface area contributed by atoms with Crippen molar-refractivity contribution >= 4 is 5.97 Å². The molecule has 0 saturated carbocycles. The fourth-order valence-corrected chi connectivity index (χ4v) is 4.89. The number of carboxylic acid groups (broad SMARTS) is 1. The molecule has 3 nitrogen and oxygen atoms in total. The van der Waals surface area contributed by atoms with Gasteiger partial charge in [-0.2, -0.15) is 39.5 Å². The van der Waals surface area contributed by atoms with Crippen LogP contribution >= 0.6 is 0 Å². The molecule has 1 aliphatic rings. The van der Waals surface area contributed by atoms with Crippen LogP contribution in [0, 0.1) is 0 Å². The Morgan fingerprint density at radius 3 is 1.95 bits per heavy atom. The lowest BCUT2D eigenvalue weighted by Crippen LogP contribution is -2.37. The monoisotopic (exact) mass is 553 g/mol. The molecular formula is C26H24F9NO2. The summed E-state index contributed by atoms with van der Waals surface area (Å²) in [5, 5.41) is 9.57. The highest BCUT2D eigenvalue weighted by atomic mass is 19.4. The number of carboxylic acids is 1. The van der Waals surface area contributed by atoms with Gasteiger partial charge in [0.2, 0.25) is 0 Å². The Labute approximate surface area is 212 Å². The first-order valence-corrected chi connectivity index (χ1v) is 11.6. The second-order valence-corrected chi connectivity index (χ2v) is 9.04. The average molecular weight is 553 g/mol. The Hall–Kier alpha value is -3.02. The van der Waals surface area contributed by atoms with Crippen molar-refractivity contribution in [3.05, 3.63) is 81.4 Å². The first-order chi connectivity index (χ1) is 17.4. The maximum atomic E-state index is 13.8. The first-order valence-electron chi connectivity index (χ1n) is 11.6. The van der Waals surface area contributed by atoms with Crippen molar-refractivity contribution in [3.63, 3.8) is 0 Å². The zero-order valence-corrected chi connectivity index (χ0v) is 20.2. The number of aliphatic carboxylic acids is 1. The van der Waals surface area contributed by atoms with Gasteiger partial charge in [0, 0.05) is 24.2 Å². The molecule has 1 aliphatic heterocycles. The summed E-state index contributed by atoms with van der Waals surface area (Å²) in [5.41, 5.74) is -3.28. The van der Waals surface area contributed by atoms with Gasteiger partial charge in [0.25, 0.3) is 0 Å². The van der Waals surface area contributed by atoms with E-state index in [1.165, 1.54) is 11.8 Å². The fourth-order valence-electron chi connectivity index (χ4n) is 4.89. The number of carbonyl (C=O) groups is 1. The van der Waals surface area contributed by atoms with Crippen LogP contribution in [0.4, 0.5) is 39.5 Å². The Morgan fingerprint density at radius 1 is 0.921 bits per heavy atom.